The van der Waals surface area contributed by atoms with Crippen LogP contribution in [0.1, 0.15) is 28.6 Å². The van der Waals surface area contributed by atoms with Gasteiger partial charge >= 0.3 is 0 Å². The molecule has 0 N–H and O–H groups in total. The molecule has 1 aromatic heterocycles. The van der Waals surface area contributed by atoms with E-state index in [1.54, 1.807) is 6.92 Å². The smallest absolute Gasteiger partial charge is 0.163 e. The summed E-state index contributed by atoms with van der Waals surface area (Å²) < 4.78 is 5.84. The van der Waals surface area contributed by atoms with Crippen LogP contribution < -0.4 is 0 Å². The van der Waals surface area contributed by atoms with Crippen molar-refractivity contribution in [2.45, 2.75) is 13.3 Å². The van der Waals surface area contributed by atoms with Crippen LogP contribution in [0.5, 0.6) is 0 Å². The molecule has 0 aliphatic carbocycles. The summed E-state index contributed by atoms with van der Waals surface area (Å²) in [4.78, 5) is 11.9. The molecular weight excluding hydrogens is 236 g/mol. The summed E-state index contributed by atoms with van der Waals surface area (Å²) >= 11 is 0. The SMILES string of the molecule is CC(=O)c1c(Cc2ccccc2)oc2ccccc12. The lowest BCUT2D eigenvalue weighted by Crippen LogP contribution is -1.97. The highest BCUT2D eigenvalue weighted by molar-refractivity contribution is 6.07. The maximum absolute atomic E-state index is 11.9. The van der Waals surface area contributed by atoms with Gasteiger partial charge in [-0.2, -0.15) is 0 Å². The van der Waals surface area contributed by atoms with E-state index in [2.05, 4.69) is 0 Å². The Bertz CT molecular complexity index is 723. The fourth-order valence-corrected chi connectivity index (χ4v) is 2.39. The molecule has 0 saturated carbocycles. The predicted octanol–water partition coefficient (Wildman–Crippen LogP) is 4.23. The van der Waals surface area contributed by atoms with Crippen molar-refractivity contribution in [1.82, 2.24) is 0 Å². The molecule has 0 spiro atoms. The van der Waals surface area contributed by atoms with E-state index >= 15 is 0 Å². The first-order chi connectivity index (χ1) is 9.25. The van der Waals surface area contributed by atoms with Crippen molar-refractivity contribution in [1.29, 1.82) is 0 Å². The van der Waals surface area contributed by atoms with E-state index < -0.39 is 0 Å². The van der Waals surface area contributed by atoms with Crippen LogP contribution >= 0.6 is 0 Å². The highest BCUT2D eigenvalue weighted by Gasteiger charge is 2.17. The topological polar surface area (TPSA) is 30.2 Å². The highest BCUT2D eigenvalue weighted by atomic mass is 16.3. The second kappa shape index (κ2) is 4.73. The number of hydrogen-bond donors (Lipinski definition) is 0. The van der Waals surface area contributed by atoms with E-state index in [1.165, 1.54) is 0 Å². The van der Waals surface area contributed by atoms with Gasteiger partial charge in [0, 0.05) is 11.8 Å². The number of fused-ring (bicyclic) bond motifs is 1. The number of ketones is 1. The minimum atomic E-state index is 0.0517. The molecule has 1 heterocycles. The van der Waals surface area contributed by atoms with Gasteiger partial charge in [-0.1, -0.05) is 48.5 Å². The number of para-hydroxylation sites is 1. The zero-order valence-corrected chi connectivity index (χ0v) is 10.7. The number of rotatable bonds is 3. The first kappa shape index (κ1) is 11.7. The van der Waals surface area contributed by atoms with Crippen LogP contribution in [0.2, 0.25) is 0 Å². The molecule has 0 bridgehead atoms. The molecule has 3 rings (SSSR count). The van der Waals surface area contributed by atoms with E-state index in [4.69, 9.17) is 4.42 Å². The Kier molecular flexibility index (Phi) is 2.92. The first-order valence-corrected chi connectivity index (χ1v) is 6.31. The molecule has 19 heavy (non-hydrogen) atoms. The molecule has 2 nitrogen and oxygen atoms in total. The van der Waals surface area contributed by atoms with Crippen molar-refractivity contribution in [2.75, 3.05) is 0 Å². The standard InChI is InChI=1S/C17H14O2/c1-12(18)17-14-9-5-6-10-15(14)19-16(17)11-13-7-3-2-4-8-13/h2-10H,11H2,1H3. The van der Waals surface area contributed by atoms with Gasteiger partial charge in [0.05, 0.1) is 5.56 Å². The van der Waals surface area contributed by atoms with Crippen molar-refractivity contribution in [2.24, 2.45) is 0 Å². The zero-order chi connectivity index (χ0) is 13.2. The van der Waals surface area contributed by atoms with Crippen LogP contribution in [0.25, 0.3) is 11.0 Å². The molecule has 0 amide bonds. The molecule has 94 valence electrons. The average Bonchev–Trinajstić information content (AvgIpc) is 2.77. The second-order valence-electron chi connectivity index (χ2n) is 4.61. The van der Waals surface area contributed by atoms with Gasteiger partial charge in [0.15, 0.2) is 5.78 Å². The molecule has 0 aliphatic rings. The van der Waals surface area contributed by atoms with Crippen LogP contribution in [-0.2, 0) is 6.42 Å². The fraction of sp³-hybridized carbons (Fsp3) is 0.118. The lowest BCUT2D eigenvalue weighted by atomic mass is 10.0. The van der Waals surface area contributed by atoms with E-state index in [0.29, 0.717) is 12.0 Å². The van der Waals surface area contributed by atoms with Gasteiger partial charge in [-0.3, -0.25) is 4.79 Å². The molecule has 0 atom stereocenters. The quantitative estimate of drug-likeness (QED) is 0.651. The predicted molar refractivity (Wildman–Crippen MR) is 75.5 cm³/mol. The molecule has 0 unspecified atom stereocenters. The summed E-state index contributed by atoms with van der Waals surface area (Å²) in [7, 11) is 0. The minimum absolute atomic E-state index is 0.0517. The zero-order valence-electron chi connectivity index (χ0n) is 10.7. The van der Waals surface area contributed by atoms with E-state index in [1.807, 2.05) is 54.6 Å². The van der Waals surface area contributed by atoms with Crippen LogP contribution in [0.4, 0.5) is 0 Å². The van der Waals surface area contributed by atoms with Crippen molar-refractivity contribution in [3.05, 3.63) is 71.5 Å². The van der Waals surface area contributed by atoms with Crippen molar-refractivity contribution in [3.63, 3.8) is 0 Å². The number of furan rings is 1. The summed E-state index contributed by atoms with van der Waals surface area (Å²) in [6.45, 7) is 1.59. The lowest BCUT2D eigenvalue weighted by molar-refractivity contribution is 0.101. The highest BCUT2D eigenvalue weighted by Crippen LogP contribution is 2.28. The summed E-state index contributed by atoms with van der Waals surface area (Å²) in [6, 6.07) is 17.7. The number of hydrogen-bond acceptors (Lipinski definition) is 2. The van der Waals surface area contributed by atoms with E-state index in [-0.39, 0.29) is 5.78 Å². The molecule has 3 aromatic rings. The number of Topliss-reactive ketones (excluding diaryl/α,β-unsaturated/α-hetero) is 1. The third kappa shape index (κ3) is 2.17. The minimum Gasteiger partial charge on any atom is -0.460 e. The number of benzene rings is 2. The molecular formula is C17H14O2. The largest absolute Gasteiger partial charge is 0.460 e. The Hall–Kier alpha value is -2.35. The van der Waals surface area contributed by atoms with Gasteiger partial charge in [-0.15, -0.1) is 0 Å². The monoisotopic (exact) mass is 250 g/mol. The van der Waals surface area contributed by atoms with Crippen molar-refractivity contribution >= 4 is 16.8 Å². The van der Waals surface area contributed by atoms with Gasteiger partial charge in [-0.25, -0.2) is 0 Å². The van der Waals surface area contributed by atoms with Crippen LogP contribution in [0.3, 0.4) is 0 Å². The Morgan fingerprint density at radius 2 is 1.68 bits per heavy atom. The van der Waals surface area contributed by atoms with Crippen molar-refractivity contribution in [3.8, 4) is 0 Å². The Balaban J connectivity index is 2.13. The molecule has 0 aliphatic heterocycles. The summed E-state index contributed by atoms with van der Waals surface area (Å²) in [5.41, 5.74) is 2.63. The maximum Gasteiger partial charge on any atom is 0.163 e. The second-order valence-corrected chi connectivity index (χ2v) is 4.61. The van der Waals surface area contributed by atoms with Crippen LogP contribution in [0.15, 0.2) is 59.0 Å². The molecule has 0 radical (unpaired) electrons. The average molecular weight is 250 g/mol. The van der Waals surface area contributed by atoms with Gasteiger partial charge in [0.1, 0.15) is 11.3 Å². The summed E-state index contributed by atoms with van der Waals surface area (Å²) in [6.07, 6.45) is 0.643. The van der Waals surface area contributed by atoms with Crippen LogP contribution in [0, 0.1) is 0 Å². The first-order valence-electron chi connectivity index (χ1n) is 6.31. The number of carbonyl (C=O) groups is 1. The normalized spacial score (nSPS) is 10.8. The maximum atomic E-state index is 11.9. The number of carbonyl (C=O) groups excluding carboxylic acids is 1. The lowest BCUT2D eigenvalue weighted by Gasteiger charge is -2.00. The Labute approximate surface area is 111 Å². The molecule has 2 heteroatoms. The third-order valence-corrected chi connectivity index (χ3v) is 3.23. The Morgan fingerprint density at radius 1 is 1.00 bits per heavy atom. The van der Waals surface area contributed by atoms with E-state index in [9.17, 15) is 4.79 Å². The third-order valence-electron chi connectivity index (χ3n) is 3.23. The molecule has 2 aromatic carbocycles. The van der Waals surface area contributed by atoms with Gasteiger partial charge in [0.25, 0.3) is 0 Å². The van der Waals surface area contributed by atoms with Gasteiger partial charge < -0.3 is 4.42 Å². The van der Waals surface area contributed by atoms with Gasteiger partial charge in [0.2, 0.25) is 0 Å². The molecule has 0 fully saturated rings. The van der Waals surface area contributed by atoms with E-state index in [0.717, 1.165) is 22.3 Å². The fourth-order valence-electron chi connectivity index (χ4n) is 2.39. The van der Waals surface area contributed by atoms with Crippen molar-refractivity contribution < 1.29 is 9.21 Å². The Morgan fingerprint density at radius 3 is 2.42 bits per heavy atom. The molecule has 0 saturated heterocycles. The summed E-state index contributed by atoms with van der Waals surface area (Å²) in [5, 5.41) is 0.904. The summed E-state index contributed by atoms with van der Waals surface area (Å²) in [5.74, 6) is 0.802. The van der Waals surface area contributed by atoms with Crippen LogP contribution in [-0.4, -0.2) is 5.78 Å². The van der Waals surface area contributed by atoms with Gasteiger partial charge in [-0.05, 0) is 18.6 Å².